The number of sulfonamides is 1. The lowest BCUT2D eigenvalue weighted by Gasteiger charge is -2.30. The lowest BCUT2D eigenvalue weighted by molar-refractivity contribution is 0.0474. The predicted octanol–water partition coefficient (Wildman–Crippen LogP) is 1.65. The molecule has 3 heterocycles. The number of benzene rings is 1. The van der Waals surface area contributed by atoms with Crippen LogP contribution in [0.4, 0.5) is 5.69 Å². The number of rotatable bonds is 5. The third-order valence-corrected chi connectivity index (χ3v) is 7.00. The van der Waals surface area contributed by atoms with Crippen molar-refractivity contribution in [3.05, 3.63) is 47.8 Å². The minimum atomic E-state index is -3.94. The number of hydrogen-bond donors (Lipinski definition) is 3. The molecule has 2 amide bonds. The van der Waals surface area contributed by atoms with E-state index in [0.717, 1.165) is 19.3 Å². The van der Waals surface area contributed by atoms with Crippen molar-refractivity contribution in [2.45, 2.75) is 36.7 Å². The Bertz CT molecular complexity index is 1070. The maximum atomic E-state index is 12.8. The predicted molar refractivity (Wildman–Crippen MR) is 114 cm³/mol. The largest absolute Gasteiger partial charge is 0.391 e. The van der Waals surface area contributed by atoms with Gasteiger partial charge in [-0.3, -0.25) is 14.3 Å². The number of carbonyl (C=O) groups is 2. The lowest BCUT2D eigenvalue weighted by Crippen LogP contribution is -2.42. The van der Waals surface area contributed by atoms with Gasteiger partial charge in [-0.05, 0) is 49.9 Å². The molecule has 2 fully saturated rings. The fourth-order valence-corrected chi connectivity index (χ4v) is 5.04. The zero-order chi connectivity index (χ0) is 22.0. The van der Waals surface area contributed by atoms with Gasteiger partial charge in [0.25, 0.3) is 21.8 Å². The average molecular weight is 447 g/mol. The first-order valence-electron chi connectivity index (χ1n) is 10.4. The molecule has 1 aromatic heterocycles. The van der Waals surface area contributed by atoms with Gasteiger partial charge < -0.3 is 19.9 Å². The molecule has 2 aromatic rings. The maximum Gasteiger partial charge on any atom is 0.270 e. The van der Waals surface area contributed by atoms with Crippen LogP contribution in [0, 0.1) is 0 Å². The minimum absolute atomic E-state index is 0.0501. The summed E-state index contributed by atoms with van der Waals surface area (Å²) in [6.45, 7) is 2.18. The number of β-amino-alcohol motifs (C(OH)–C–C–N with tert-alkyl or cyclic N) is 1. The van der Waals surface area contributed by atoms with Crippen LogP contribution in [0.1, 0.15) is 46.5 Å². The SMILES string of the molecule is O=C(c1cccc(NS(=O)(=O)c2c[nH]c(C(=O)N3CCCC3)c2)c1)N1CCCC(O)C1. The van der Waals surface area contributed by atoms with Gasteiger partial charge in [-0.2, -0.15) is 0 Å². The van der Waals surface area contributed by atoms with Gasteiger partial charge >= 0.3 is 0 Å². The molecule has 1 aromatic carbocycles. The van der Waals surface area contributed by atoms with Crippen LogP contribution in [0.3, 0.4) is 0 Å². The van der Waals surface area contributed by atoms with Gasteiger partial charge in [0.1, 0.15) is 10.6 Å². The molecule has 0 saturated carbocycles. The van der Waals surface area contributed by atoms with Gasteiger partial charge in [0.2, 0.25) is 0 Å². The Hall–Kier alpha value is -2.85. The van der Waals surface area contributed by atoms with Crippen LogP contribution in [0.2, 0.25) is 0 Å². The zero-order valence-electron chi connectivity index (χ0n) is 17.1. The van der Waals surface area contributed by atoms with Gasteiger partial charge in [0, 0.05) is 43.6 Å². The van der Waals surface area contributed by atoms with Crippen molar-refractivity contribution in [3.63, 3.8) is 0 Å². The summed E-state index contributed by atoms with van der Waals surface area (Å²) >= 11 is 0. The minimum Gasteiger partial charge on any atom is -0.391 e. The first-order chi connectivity index (χ1) is 14.8. The number of aromatic amines is 1. The normalized spacial score (nSPS) is 19.5. The maximum absolute atomic E-state index is 12.8. The number of anilines is 1. The fourth-order valence-electron chi connectivity index (χ4n) is 4.00. The molecule has 31 heavy (non-hydrogen) atoms. The van der Waals surface area contributed by atoms with Crippen LogP contribution in [-0.4, -0.2) is 72.4 Å². The molecule has 2 aliphatic rings. The van der Waals surface area contributed by atoms with Crippen molar-refractivity contribution >= 4 is 27.5 Å². The second kappa shape index (κ2) is 8.72. The van der Waals surface area contributed by atoms with E-state index in [0.29, 0.717) is 31.6 Å². The molecular weight excluding hydrogens is 420 g/mol. The summed E-state index contributed by atoms with van der Waals surface area (Å²) < 4.78 is 28.1. The van der Waals surface area contributed by atoms with E-state index in [2.05, 4.69) is 9.71 Å². The molecule has 3 N–H and O–H groups in total. The van der Waals surface area contributed by atoms with E-state index in [1.165, 1.54) is 18.3 Å². The third kappa shape index (κ3) is 4.75. The Labute approximate surface area is 181 Å². The Balaban J connectivity index is 1.48. The lowest BCUT2D eigenvalue weighted by atomic mass is 10.1. The molecular formula is C21H26N4O5S. The van der Waals surface area contributed by atoms with Crippen molar-refractivity contribution in [2.24, 2.45) is 0 Å². The number of nitrogens with zero attached hydrogens (tertiary/aromatic N) is 2. The van der Waals surface area contributed by atoms with E-state index < -0.39 is 16.1 Å². The van der Waals surface area contributed by atoms with Crippen LogP contribution >= 0.6 is 0 Å². The molecule has 0 aliphatic carbocycles. The molecule has 1 unspecified atom stereocenters. The van der Waals surface area contributed by atoms with Gasteiger partial charge in [0.15, 0.2) is 0 Å². The highest BCUT2D eigenvalue weighted by Crippen LogP contribution is 2.21. The van der Waals surface area contributed by atoms with E-state index in [1.54, 1.807) is 28.0 Å². The number of piperidine rings is 1. The monoisotopic (exact) mass is 446 g/mol. The summed E-state index contributed by atoms with van der Waals surface area (Å²) in [5.74, 6) is -0.463. The number of aromatic nitrogens is 1. The van der Waals surface area contributed by atoms with Crippen LogP contribution in [0.5, 0.6) is 0 Å². The standard InChI is InChI=1S/C21H26N4O5S/c26-17-7-4-10-25(14-17)20(27)15-5-3-6-16(11-15)23-31(29,30)18-12-19(22-13-18)21(28)24-8-1-2-9-24/h3,5-6,11-13,17,22-23,26H,1-2,4,7-10,14H2. The van der Waals surface area contributed by atoms with Gasteiger partial charge in [-0.15, -0.1) is 0 Å². The van der Waals surface area contributed by atoms with Gasteiger partial charge in [-0.1, -0.05) is 6.07 Å². The van der Waals surface area contributed by atoms with E-state index in [1.807, 2.05) is 0 Å². The van der Waals surface area contributed by atoms with Crippen molar-refractivity contribution in [1.82, 2.24) is 14.8 Å². The second-order valence-corrected chi connectivity index (χ2v) is 9.66. The number of nitrogens with one attached hydrogen (secondary N) is 2. The van der Waals surface area contributed by atoms with E-state index in [-0.39, 0.29) is 34.6 Å². The number of aliphatic hydroxyl groups is 1. The van der Waals surface area contributed by atoms with Gasteiger partial charge in [-0.25, -0.2) is 8.42 Å². The highest BCUT2D eigenvalue weighted by molar-refractivity contribution is 7.92. The average Bonchev–Trinajstić information content (AvgIpc) is 3.45. The Morgan fingerprint density at radius 1 is 1.03 bits per heavy atom. The van der Waals surface area contributed by atoms with Crippen molar-refractivity contribution in [1.29, 1.82) is 0 Å². The highest BCUT2D eigenvalue weighted by Gasteiger charge is 2.25. The Morgan fingerprint density at radius 2 is 1.77 bits per heavy atom. The topological polar surface area (TPSA) is 123 Å². The molecule has 0 bridgehead atoms. The molecule has 2 saturated heterocycles. The van der Waals surface area contributed by atoms with Crippen LogP contribution in [0.25, 0.3) is 0 Å². The molecule has 10 heteroatoms. The summed E-state index contributed by atoms with van der Waals surface area (Å²) in [4.78, 5) is 31.2. The quantitative estimate of drug-likeness (QED) is 0.645. The molecule has 2 aliphatic heterocycles. The fraction of sp³-hybridized carbons (Fsp3) is 0.429. The Morgan fingerprint density at radius 3 is 2.52 bits per heavy atom. The van der Waals surface area contributed by atoms with E-state index in [4.69, 9.17) is 0 Å². The summed E-state index contributed by atoms with van der Waals surface area (Å²) in [5.41, 5.74) is 0.820. The molecule has 9 nitrogen and oxygen atoms in total. The van der Waals surface area contributed by atoms with E-state index in [9.17, 15) is 23.1 Å². The molecule has 1 atom stereocenters. The number of hydrogen-bond acceptors (Lipinski definition) is 5. The molecule has 166 valence electrons. The zero-order valence-corrected chi connectivity index (χ0v) is 17.9. The van der Waals surface area contributed by atoms with E-state index >= 15 is 0 Å². The molecule has 0 radical (unpaired) electrons. The van der Waals surface area contributed by atoms with Crippen LogP contribution in [-0.2, 0) is 10.0 Å². The first-order valence-corrected chi connectivity index (χ1v) is 11.9. The number of likely N-dealkylation sites (tertiary alicyclic amines) is 2. The van der Waals surface area contributed by atoms with Crippen molar-refractivity contribution in [2.75, 3.05) is 30.9 Å². The van der Waals surface area contributed by atoms with Gasteiger partial charge in [0.05, 0.1) is 6.10 Å². The number of amides is 2. The highest BCUT2D eigenvalue weighted by atomic mass is 32.2. The number of H-pyrrole nitrogens is 1. The summed E-state index contributed by atoms with van der Waals surface area (Å²) in [6, 6.07) is 7.58. The van der Waals surface area contributed by atoms with Crippen molar-refractivity contribution in [3.8, 4) is 0 Å². The van der Waals surface area contributed by atoms with Crippen LogP contribution in [0.15, 0.2) is 41.4 Å². The second-order valence-electron chi connectivity index (χ2n) is 7.98. The number of aliphatic hydroxyl groups excluding tert-OH is 1. The van der Waals surface area contributed by atoms with Crippen molar-refractivity contribution < 1.29 is 23.1 Å². The summed E-state index contributed by atoms with van der Waals surface area (Å²) in [7, 11) is -3.94. The molecule has 4 rings (SSSR count). The first kappa shape index (κ1) is 21.4. The smallest absolute Gasteiger partial charge is 0.270 e. The Kier molecular flexibility index (Phi) is 6.01. The van der Waals surface area contributed by atoms with Crippen LogP contribution < -0.4 is 4.72 Å². The molecule has 0 spiro atoms. The summed E-state index contributed by atoms with van der Waals surface area (Å²) in [5, 5.41) is 9.80. The summed E-state index contributed by atoms with van der Waals surface area (Å²) in [6.07, 6.45) is 4.05. The third-order valence-electron chi connectivity index (χ3n) is 5.64. The number of carbonyl (C=O) groups excluding carboxylic acids is 2.